The zero-order valence-electron chi connectivity index (χ0n) is 8.35. The number of rotatable bonds is 4. The van der Waals surface area contributed by atoms with Crippen LogP contribution in [-0.2, 0) is 0 Å². The van der Waals surface area contributed by atoms with Crippen molar-refractivity contribution >= 4 is 0 Å². The van der Waals surface area contributed by atoms with Crippen LogP contribution < -0.4 is 0 Å². The van der Waals surface area contributed by atoms with E-state index in [0.29, 0.717) is 6.42 Å². The summed E-state index contributed by atoms with van der Waals surface area (Å²) in [6.07, 6.45) is 1.66. The van der Waals surface area contributed by atoms with Crippen molar-refractivity contribution in [3.05, 3.63) is 0 Å². The van der Waals surface area contributed by atoms with E-state index in [1.807, 2.05) is 6.92 Å². The second-order valence-corrected chi connectivity index (χ2v) is 1.99. The van der Waals surface area contributed by atoms with Crippen molar-refractivity contribution in [3.8, 4) is 0 Å². The van der Waals surface area contributed by atoms with Gasteiger partial charge >= 0.3 is 0 Å². The summed E-state index contributed by atoms with van der Waals surface area (Å²) in [4.78, 5) is 0. The van der Waals surface area contributed by atoms with Crippen molar-refractivity contribution < 1.29 is 9.22 Å². The summed E-state index contributed by atoms with van der Waals surface area (Å²) in [5.41, 5.74) is 0. The van der Waals surface area contributed by atoms with Crippen LogP contribution in [0.1, 0.15) is 37.2 Å². The van der Waals surface area contributed by atoms with E-state index < -0.39 is 6.85 Å². The molecule has 0 aliphatic heterocycles. The molecule has 0 saturated heterocycles. The van der Waals surface area contributed by atoms with E-state index in [9.17, 15) is 0 Å². The highest BCUT2D eigenvalue weighted by Crippen LogP contribution is 2.10. The molecule has 1 N–H and O–H groups in total. The largest absolute Gasteiger partial charge is 0.396 e. The third-order valence-corrected chi connectivity index (χ3v) is 1.40. The molecule has 0 aromatic carbocycles. The average Bonchev–Trinajstić information content (AvgIpc) is 1.84. The normalized spacial score (nSPS) is 21.0. The quantitative estimate of drug-likeness (QED) is 0.598. The summed E-state index contributed by atoms with van der Waals surface area (Å²) in [6, 6.07) is 0. The Morgan fingerprint density at radius 3 is 2.75 bits per heavy atom. The van der Waals surface area contributed by atoms with Crippen LogP contribution in [0.3, 0.4) is 0 Å². The predicted molar refractivity (Wildman–Crippen MR) is 35.8 cm³/mol. The number of aliphatic hydroxyl groups excluding tert-OH is 1. The van der Waals surface area contributed by atoms with Gasteiger partial charge in [-0.2, -0.15) is 0 Å². The summed E-state index contributed by atoms with van der Waals surface area (Å²) in [7, 11) is 0. The second-order valence-electron chi connectivity index (χ2n) is 1.99. The van der Waals surface area contributed by atoms with Gasteiger partial charge in [0.1, 0.15) is 0 Å². The molecule has 0 spiro atoms. The molecule has 50 valence electrons. The Labute approximate surface area is 55.9 Å². The van der Waals surface area contributed by atoms with Gasteiger partial charge in [0.25, 0.3) is 0 Å². The Balaban J connectivity index is 3.68. The van der Waals surface area contributed by atoms with Crippen molar-refractivity contribution in [3.63, 3.8) is 0 Å². The minimum absolute atomic E-state index is 0.0919. The zero-order chi connectivity index (χ0) is 8.91. The highest BCUT2D eigenvalue weighted by atomic mass is 16.3. The molecular formula is C7H16O. The number of hydrogen-bond acceptors (Lipinski definition) is 1. The fraction of sp³-hybridized carbons (Fsp3) is 1.00. The van der Waals surface area contributed by atoms with Crippen LogP contribution in [0.2, 0.25) is 0 Å². The molecule has 0 heterocycles. The standard InChI is InChI=1S/C7H16O/c1-3-7(4-2)5-6-8/h7-8H,3-6H2,1-2H3/i1D3/t7-/m1/s1. The van der Waals surface area contributed by atoms with Crippen LogP contribution in [0.25, 0.3) is 0 Å². The molecule has 0 saturated carbocycles. The molecule has 0 aliphatic carbocycles. The molecule has 1 heteroatoms. The Hall–Kier alpha value is -0.0400. The monoisotopic (exact) mass is 119 g/mol. The third-order valence-electron chi connectivity index (χ3n) is 1.40. The molecule has 8 heavy (non-hydrogen) atoms. The van der Waals surface area contributed by atoms with Crippen LogP contribution in [0.5, 0.6) is 0 Å². The van der Waals surface area contributed by atoms with Gasteiger partial charge in [-0.1, -0.05) is 26.6 Å². The maximum atomic E-state index is 8.58. The van der Waals surface area contributed by atoms with E-state index in [-0.39, 0.29) is 18.9 Å². The molecular weight excluding hydrogens is 100 g/mol. The van der Waals surface area contributed by atoms with Gasteiger partial charge in [-0.15, -0.1) is 0 Å². The van der Waals surface area contributed by atoms with Gasteiger partial charge in [0.2, 0.25) is 0 Å². The zero-order valence-corrected chi connectivity index (χ0v) is 5.35. The Morgan fingerprint density at radius 2 is 2.38 bits per heavy atom. The second kappa shape index (κ2) is 5.10. The van der Waals surface area contributed by atoms with Crippen molar-refractivity contribution in [1.82, 2.24) is 0 Å². The summed E-state index contributed by atoms with van der Waals surface area (Å²) in [5, 5.41) is 8.58. The number of hydrogen-bond donors (Lipinski definition) is 1. The van der Waals surface area contributed by atoms with Gasteiger partial charge in [-0.05, 0) is 12.3 Å². The minimum atomic E-state index is -1.84. The minimum Gasteiger partial charge on any atom is -0.396 e. The molecule has 0 aliphatic rings. The van der Waals surface area contributed by atoms with E-state index in [4.69, 9.17) is 9.22 Å². The summed E-state index contributed by atoms with van der Waals surface area (Å²) in [6.45, 7) is 0.205. The average molecular weight is 119 g/mol. The Kier molecular flexibility index (Phi) is 2.48. The van der Waals surface area contributed by atoms with Gasteiger partial charge in [0.05, 0.1) is 0 Å². The maximum Gasteiger partial charge on any atom is 0.0433 e. The lowest BCUT2D eigenvalue weighted by Gasteiger charge is -2.07. The fourth-order valence-electron chi connectivity index (χ4n) is 0.633. The Morgan fingerprint density at radius 1 is 1.62 bits per heavy atom. The first-order chi connectivity index (χ1) is 4.99. The van der Waals surface area contributed by atoms with Crippen molar-refractivity contribution in [2.45, 2.75) is 33.0 Å². The highest BCUT2D eigenvalue weighted by Gasteiger charge is 1.99. The lowest BCUT2D eigenvalue weighted by Crippen LogP contribution is -1.98. The summed E-state index contributed by atoms with van der Waals surface area (Å²) >= 11 is 0. The SMILES string of the molecule is [2H]C([2H])([2H])C[C@H](CC)CCO. The third kappa shape index (κ3) is 3.03. The van der Waals surface area contributed by atoms with Crippen LogP contribution in [0, 0.1) is 5.92 Å². The van der Waals surface area contributed by atoms with Gasteiger partial charge < -0.3 is 5.11 Å². The lowest BCUT2D eigenvalue weighted by atomic mass is 10.0. The van der Waals surface area contributed by atoms with E-state index in [1.54, 1.807) is 0 Å². The Bertz CT molecular complexity index is 100. The van der Waals surface area contributed by atoms with Crippen LogP contribution in [-0.4, -0.2) is 11.7 Å². The first kappa shape index (κ1) is 3.89. The van der Waals surface area contributed by atoms with Crippen LogP contribution in [0.4, 0.5) is 0 Å². The smallest absolute Gasteiger partial charge is 0.0433 e. The molecule has 0 unspecified atom stereocenters. The molecule has 0 fully saturated rings. The van der Waals surface area contributed by atoms with Gasteiger partial charge in [-0.25, -0.2) is 0 Å². The predicted octanol–water partition coefficient (Wildman–Crippen LogP) is 1.81. The van der Waals surface area contributed by atoms with Gasteiger partial charge in [0.15, 0.2) is 0 Å². The lowest BCUT2D eigenvalue weighted by molar-refractivity contribution is 0.252. The molecule has 1 nitrogen and oxygen atoms in total. The van der Waals surface area contributed by atoms with Crippen molar-refractivity contribution in [2.75, 3.05) is 6.61 Å². The molecule has 0 amide bonds. The number of aliphatic hydroxyl groups is 1. The van der Waals surface area contributed by atoms with E-state index in [1.165, 1.54) is 0 Å². The van der Waals surface area contributed by atoms with Gasteiger partial charge in [-0.3, -0.25) is 0 Å². The highest BCUT2D eigenvalue weighted by molar-refractivity contribution is 4.51. The first-order valence-electron chi connectivity index (χ1n) is 4.60. The summed E-state index contributed by atoms with van der Waals surface area (Å²) < 4.78 is 21.0. The van der Waals surface area contributed by atoms with Crippen LogP contribution >= 0.6 is 0 Å². The topological polar surface area (TPSA) is 20.2 Å². The first-order valence-corrected chi connectivity index (χ1v) is 3.10. The van der Waals surface area contributed by atoms with Crippen molar-refractivity contribution in [1.29, 1.82) is 0 Å². The van der Waals surface area contributed by atoms with Crippen molar-refractivity contribution in [2.24, 2.45) is 5.92 Å². The summed E-state index contributed by atoms with van der Waals surface area (Å²) in [5.74, 6) is 0.146. The van der Waals surface area contributed by atoms with E-state index >= 15 is 0 Å². The van der Waals surface area contributed by atoms with E-state index in [0.717, 1.165) is 6.42 Å². The van der Waals surface area contributed by atoms with E-state index in [2.05, 4.69) is 0 Å². The molecule has 1 atom stereocenters. The molecule has 0 bridgehead atoms. The maximum absolute atomic E-state index is 8.58. The fourth-order valence-corrected chi connectivity index (χ4v) is 0.633. The molecule has 0 aromatic rings. The molecule has 0 radical (unpaired) electrons. The molecule has 0 aromatic heterocycles. The van der Waals surface area contributed by atoms with Gasteiger partial charge in [0, 0.05) is 10.7 Å². The van der Waals surface area contributed by atoms with Crippen LogP contribution in [0.15, 0.2) is 0 Å². The molecule has 0 rings (SSSR count).